The van der Waals surface area contributed by atoms with Gasteiger partial charge in [-0.1, -0.05) is 19.9 Å². The number of hydrogen-bond acceptors (Lipinski definition) is 4. The van der Waals surface area contributed by atoms with E-state index in [0.29, 0.717) is 22.1 Å². The Morgan fingerprint density at radius 1 is 1.23 bits per heavy atom. The summed E-state index contributed by atoms with van der Waals surface area (Å²) in [5, 5.41) is 12.4. The maximum absolute atomic E-state index is 11.1. The highest BCUT2D eigenvalue weighted by molar-refractivity contribution is 5.93. The predicted octanol–water partition coefficient (Wildman–Crippen LogP) is 4.49. The molecule has 0 bridgehead atoms. The zero-order chi connectivity index (χ0) is 15.7. The summed E-state index contributed by atoms with van der Waals surface area (Å²) >= 11 is 0. The molecule has 1 aliphatic carbocycles. The SMILES string of the molecule is CC1(C)CCC(Oc2nccc3c([N+](=O)[O-])cccc23)CC1. The minimum Gasteiger partial charge on any atom is -0.474 e. The van der Waals surface area contributed by atoms with Crippen molar-refractivity contribution in [3.63, 3.8) is 0 Å². The van der Waals surface area contributed by atoms with Crippen molar-refractivity contribution in [1.82, 2.24) is 4.98 Å². The Hall–Kier alpha value is -2.17. The molecule has 1 aliphatic rings. The quantitative estimate of drug-likeness (QED) is 0.618. The van der Waals surface area contributed by atoms with Crippen LogP contribution in [0, 0.1) is 15.5 Å². The van der Waals surface area contributed by atoms with Crippen LogP contribution in [0.1, 0.15) is 39.5 Å². The molecule has 0 saturated heterocycles. The smallest absolute Gasteiger partial charge is 0.277 e. The van der Waals surface area contributed by atoms with Gasteiger partial charge in [0.25, 0.3) is 5.69 Å². The van der Waals surface area contributed by atoms with Crippen molar-refractivity contribution in [1.29, 1.82) is 0 Å². The summed E-state index contributed by atoms with van der Waals surface area (Å²) in [5.41, 5.74) is 0.472. The van der Waals surface area contributed by atoms with E-state index in [1.54, 1.807) is 18.3 Å². The lowest BCUT2D eigenvalue weighted by atomic mass is 9.76. The zero-order valence-electron chi connectivity index (χ0n) is 12.9. The van der Waals surface area contributed by atoms with Crippen molar-refractivity contribution in [2.45, 2.75) is 45.6 Å². The van der Waals surface area contributed by atoms with Gasteiger partial charge in [0.2, 0.25) is 5.88 Å². The van der Waals surface area contributed by atoms with Gasteiger partial charge >= 0.3 is 0 Å². The van der Waals surface area contributed by atoms with Gasteiger partial charge in [-0.05, 0) is 43.2 Å². The molecule has 0 spiro atoms. The monoisotopic (exact) mass is 300 g/mol. The fourth-order valence-corrected chi connectivity index (χ4v) is 3.07. The maximum atomic E-state index is 11.1. The lowest BCUT2D eigenvalue weighted by molar-refractivity contribution is -0.383. The second-order valence-corrected chi connectivity index (χ2v) is 6.73. The van der Waals surface area contributed by atoms with E-state index < -0.39 is 0 Å². The molecular weight excluding hydrogens is 280 g/mol. The van der Waals surface area contributed by atoms with Gasteiger partial charge in [-0.15, -0.1) is 0 Å². The molecule has 2 aromatic rings. The number of nitro benzene ring substituents is 1. The number of nitrogens with zero attached hydrogens (tertiary/aromatic N) is 2. The van der Waals surface area contributed by atoms with Gasteiger partial charge in [-0.3, -0.25) is 10.1 Å². The number of aromatic nitrogens is 1. The number of benzene rings is 1. The first-order valence-corrected chi connectivity index (χ1v) is 7.65. The van der Waals surface area contributed by atoms with E-state index in [2.05, 4.69) is 18.8 Å². The van der Waals surface area contributed by atoms with Crippen molar-refractivity contribution >= 4 is 16.5 Å². The van der Waals surface area contributed by atoms with Gasteiger partial charge in [0.15, 0.2) is 0 Å². The second-order valence-electron chi connectivity index (χ2n) is 6.73. The van der Waals surface area contributed by atoms with Gasteiger partial charge in [0.1, 0.15) is 6.10 Å². The highest BCUT2D eigenvalue weighted by Gasteiger charge is 2.28. The number of ether oxygens (including phenoxy) is 1. The third-order valence-corrected chi connectivity index (χ3v) is 4.51. The molecule has 5 heteroatoms. The van der Waals surface area contributed by atoms with E-state index in [0.717, 1.165) is 25.7 Å². The minimum absolute atomic E-state index is 0.0922. The molecule has 1 aromatic carbocycles. The van der Waals surface area contributed by atoms with Gasteiger partial charge in [0.05, 0.1) is 15.7 Å². The second kappa shape index (κ2) is 5.55. The summed E-state index contributed by atoms with van der Waals surface area (Å²) < 4.78 is 6.06. The molecule has 0 N–H and O–H groups in total. The molecule has 0 amide bonds. The van der Waals surface area contributed by atoms with E-state index in [9.17, 15) is 10.1 Å². The first-order chi connectivity index (χ1) is 10.5. The third kappa shape index (κ3) is 2.89. The lowest BCUT2D eigenvalue weighted by Crippen LogP contribution is -2.28. The van der Waals surface area contributed by atoms with Gasteiger partial charge in [-0.25, -0.2) is 4.98 Å². The molecule has 3 rings (SSSR count). The predicted molar refractivity (Wildman–Crippen MR) is 85.1 cm³/mol. The van der Waals surface area contributed by atoms with Gasteiger partial charge in [0, 0.05) is 12.3 Å². The molecule has 22 heavy (non-hydrogen) atoms. The lowest BCUT2D eigenvalue weighted by Gasteiger charge is -2.34. The Balaban J connectivity index is 1.89. The fourth-order valence-electron chi connectivity index (χ4n) is 3.07. The van der Waals surface area contributed by atoms with Crippen LogP contribution in [0.4, 0.5) is 5.69 Å². The van der Waals surface area contributed by atoms with E-state index in [1.165, 1.54) is 6.07 Å². The fraction of sp³-hybridized carbons (Fsp3) is 0.471. The zero-order valence-corrected chi connectivity index (χ0v) is 12.9. The summed E-state index contributed by atoms with van der Waals surface area (Å²) in [6.45, 7) is 4.56. The summed E-state index contributed by atoms with van der Waals surface area (Å²) in [4.78, 5) is 15.1. The molecule has 0 atom stereocenters. The van der Waals surface area contributed by atoms with E-state index >= 15 is 0 Å². The first-order valence-electron chi connectivity index (χ1n) is 7.65. The number of rotatable bonds is 3. The molecule has 0 aliphatic heterocycles. The van der Waals surface area contributed by atoms with Crippen LogP contribution in [0.15, 0.2) is 30.5 Å². The standard InChI is InChI=1S/C17H20N2O3/c1-17(2)9-6-12(7-10-17)22-16-14-4-3-5-15(19(20)21)13(14)8-11-18-16/h3-5,8,11-12H,6-7,9-10H2,1-2H3. The molecule has 1 heterocycles. The molecule has 1 fully saturated rings. The number of hydrogen-bond donors (Lipinski definition) is 0. The van der Waals surface area contributed by atoms with E-state index in [-0.39, 0.29) is 16.7 Å². The Morgan fingerprint density at radius 2 is 1.95 bits per heavy atom. The molecule has 116 valence electrons. The molecular formula is C17H20N2O3. The third-order valence-electron chi connectivity index (χ3n) is 4.51. The Morgan fingerprint density at radius 3 is 2.64 bits per heavy atom. The van der Waals surface area contributed by atoms with Crippen LogP contribution >= 0.6 is 0 Å². The molecule has 0 unspecified atom stereocenters. The summed E-state index contributed by atoms with van der Waals surface area (Å²) in [6, 6.07) is 6.69. The van der Waals surface area contributed by atoms with Crippen molar-refractivity contribution in [3.05, 3.63) is 40.6 Å². The Labute approximate surface area is 129 Å². The van der Waals surface area contributed by atoms with Gasteiger partial charge < -0.3 is 4.74 Å². The number of non-ortho nitro benzene ring substituents is 1. The van der Waals surface area contributed by atoms with Crippen molar-refractivity contribution in [2.24, 2.45) is 5.41 Å². The van der Waals surface area contributed by atoms with Crippen molar-refractivity contribution in [2.75, 3.05) is 0 Å². The highest BCUT2D eigenvalue weighted by Crippen LogP contribution is 2.37. The summed E-state index contributed by atoms with van der Waals surface area (Å²) in [6.07, 6.45) is 5.98. The summed E-state index contributed by atoms with van der Waals surface area (Å²) in [5.74, 6) is 0.505. The molecule has 1 aromatic heterocycles. The maximum Gasteiger partial charge on any atom is 0.277 e. The van der Waals surface area contributed by atoms with E-state index in [1.807, 2.05) is 6.07 Å². The van der Waals surface area contributed by atoms with Crippen molar-refractivity contribution in [3.8, 4) is 5.88 Å². The molecule has 1 saturated carbocycles. The summed E-state index contributed by atoms with van der Waals surface area (Å²) in [7, 11) is 0. The molecule has 5 nitrogen and oxygen atoms in total. The van der Waals surface area contributed by atoms with Crippen LogP contribution in [0.3, 0.4) is 0 Å². The van der Waals surface area contributed by atoms with Crippen LogP contribution in [0.5, 0.6) is 5.88 Å². The van der Waals surface area contributed by atoms with Crippen LogP contribution in [0.2, 0.25) is 0 Å². The normalized spacial score (nSPS) is 18.3. The minimum atomic E-state index is -0.366. The van der Waals surface area contributed by atoms with Crippen LogP contribution < -0.4 is 4.74 Å². The Bertz CT molecular complexity index is 702. The number of nitro groups is 1. The van der Waals surface area contributed by atoms with Crippen LogP contribution in [-0.2, 0) is 0 Å². The average molecular weight is 300 g/mol. The Kier molecular flexibility index (Phi) is 3.72. The highest BCUT2D eigenvalue weighted by atomic mass is 16.6. The number of pyridine rings is 1. The van der Waals surface area contributed by atoms with Crippen molar-refractivity contribution < 1.29 is 9.66 Å². The van der Waals surface area contributed by atoms with E-state index in [4.69, 9.17) is 4.74 Å². The van der Waals surface area contributed by atoms with Crippen LogP contribution in [-0.4, -0.2) is 16.0 Å². The largest absolute Gasteiger partial charge is 0.474 e. The van der Waals surface area contributed by atoms with Crippen LogP contribution in [0.25, 0.3) is 10.8 Å². The topological polar surface area (TPSA) is 65.3 Å². The molecule has 0 radical (unpaired) electrons. The first kappa shape index (κ1) is 14.8. The number of fused-ring (bicyclic) bond motifs is 1. The van der Waals surface area contributed by atoms with Gasteiger partial charge in [-0.2, -0.15) is 0 Å². The average Bonchev–Trinajstić information content (AvgIpc) is 2.49.